The molecular weight excluding hydrogens is 611 g/mol. The fourth-order valence-corrected chi connectivity index (χ4v) is 8.43. The third kappa shape index (κ3) is 5.27. The molecule has 0 atom stereocenters. The predicted molar refractivity (Wildman–Crippen MR) is 213 cm³/mol. The summed E-state index contributed by atoms with van der Waals surface area (Å²) in [6, 6.07) is 66.3. The van der Waals surface area contributed by atoms with E-state index in [1.54, 1.807) is 0 Å². The van der Waals surface area contributed by atoms with E-state index in [1.807, 2.05) is 11.3 Å². The average Bonchev–Trinajstić information content (AvgIpc) is 3.55. The second-order valence-electron chi connectivity index (χ2n) is 12.6. The molecule has 2 heteroatoms. The lowest BCUT2D eigenvalue weighted by Crippen LogP contribution is -2.11. The molecule has 0 amide bonds. The number of nitrogens with zero attached hydrogens (tertiary/aromatic N) is 1. The van der Waals surface area contributed by atoms with Crippen molar-refractivity contribution >= 4 is 59.3 Å². The van der Waals surface area contributed by atoms with Gasteiger partial charge in [0.1, 0.15) is 0 Å². The van der Waals surface area contributed by atoms with Crippen LogP contribution in [0.1, 0.15) is 5.56 Å². The second kappa shape index (κ2) is 12.2. The topological polar surface area (TPSA) is 3.24 Å². The minimum atomic E-state index is 1.11. The third-order valence-electron chi connectivity index (χ3n) is 9.57. The van der Waals surface area contributed by atoms with Gasteiger partial charge in [0.2, 0.25) is 0 Å². The lowest BCUT2D eigenvalue weighted by molar-refractivity contribution is 1.29. The molecule has 8 aromatic carbocycles. The number of benzene rings is 8. The van der Waals surface area contributed by atoms with E-state index < -0.39 is 0 Å². The highest BCUT2D eigenvalue weighted by Crippen LogP contribution is 2.47. The van der Waals surface area contributed by atoms with Crippen LogP contribution in [0.3, 0.4) is 0 Å². The van der Waals surface area contributed by atoms with Gasteiger partial charge in [-0.2, -0.15) is 0 Å². The van der Waals surface area contributed by atoms with Crippen LogP contribution >= 0.6 is 11.3 Å². The number of fused-ring (bicyclic) bond motifs is 4. The fourth-order valence-electron chi connectivity index (χ4n) is 7.22. The largest absolute Gasteiger partial charge is 0.310 e. The summed E-state index contributed by atoms with van der Waals surface area (Å²) in [7, 11) is 0. The number of aryl methyl sites for hydroxylation is 1. The van der Waals surface area contributed by atoms with Crippen LogP contribution in [0.4, 0.5) is 17.1 Å². The Balaban J connectivity index is 1.34. The molecule has 0 unspecified atom stereocenters. The van der Waals surface area contributed by atoms with Crippen molar-refractivity contribution in [3.05, 3.63) is 188 Å². The highest BCUT2D eigenvalue weighted by molar-refractivity contribution is 7.25. The third-order valence-corrected chi connectivity index (χ3v) is 10.7. The Labute approximate surface area is 291 Å². The van der Waals surface area contributed by atoms with Crippen LogP contribution in [0.5, 0.6) is 0 Å². The Hall–Kier alpha value is -5.96. The molecule has 232 valence electrons. The number of thiophene rings is 1. The summed E-state index contributed by atoms with van der Waals surface area (Å²) in [5.41, 5.74) is 11.9. The maximum Gasteiger partial charge on any atom is 0.0546 e. The van der Waals surface area contributed by atoms with Crippen molar-refractivity contribution in [3.8, 4) is 33.4 Å². The predicted octanol–water partition coefficient (Wildman–Crippen LogP) is 14.0. The van der Waals surface area contributed by atoms with Gasteiger partial charge >= 0.3 is 0 Å². The monoisotopic (exact) mass is 643 g/mol. The highest BCUT2D eigenvalue weighted by atomic mass is 32.1. The zero-order valence-corrected chi connectivity index (χ0v) is 28.0. The Morgan fingerprint density at radius 3 is 1.67 bits per heavy atom. The van der Waals surface area contributed by atoms with E-state index in [4.69, 9.17) is 0 Å². The minimum Gasteiger partial charge on any atom is -0.310 e. The van der Waals surface area contributed by atoms with Gasteiger partial charge in [0.05, 0.1) is 5.69 Å². The Morgan fingerprint density at radius 1 is 0.408 bits per heavy atom. The summed E-state index contributed by atoms with van der Waals surface area (Å²) < 4.78 is 2.62. The molecule has 1 aromatic heterocycles. The summed E-state index contributed by atoms with van der Waals surface area (Å²) in [4.78, 5) is 2.46. The maximum absolute atomic E-state index is 2.46. The van der Waals surface area contributed by atoms with E-state index in [0.29, 0.717) is 0 Å². The van der Waals surface area contributed by atoms with Gasteiger partial charge in [-0.1, -0.05) is 140 Å². The fraction of sp³-hybridized carbons (Fsp3) is 0.0213. The molecule has 1 heterocycles. The standard InChI is InChI=1S/C47H33NS/c1-32-14-13-23-45-47(32)41-27-25-39(31-46(41)49-45)48(44-29-37-22-12-11-21-36(37)28-43(44)35-19-9-4-10-20-35)38-24-26-40(33-15-5-2-6-16-33)42(30-38)34-17-7-3-8-18-34/h2-31H,1H3. The van der Waals surface area contributed by atoms with Crippen molar-refractivity contribution in [1.29, 1.82) is 0 Å². The van der Waals surface area contributed by atoms with Crippen molar-refractivity contribution < 1.29 is 0 Å². The summed E-state index contributed by atoms with van der Waals surface area (Å²) >= 11 is 1.87. The number of hydrogen-bond acceptors (Lipinski definition) is 2. The number of hydrogen-bond donors (Lipinski definition) is 0. The van der Waals surface area contributed by atoms with E-state index in [-0.39, 0.29) is 0 Å². The van der Waals surface area contributed by atoms with Gasteiger partial charge in [-0.3, -0.25) is 0 Å². The normalized spacial score (nSPS) is 11.4. The van der Waals surface area contributed by atoms with Crippen molar-refractivity contribution in [2.24, 2.45) is 0 Å². The van der Waals surface area contributed by atoms with Gasteiger partial charge in [0, 0.05) is 37.1 Å². The molecule has 0 saturated carbocycles. The van der Waals surface area contributed by atoms with Crippen LogP contribution in [0.2, 0.25) is 0 Å². The molecule has 0 aliphatic heterocycles. The summed E-state index contributed by atoms with van der Waals surface area (Å²) in [5.74, 6) is 0. The SMILES string of the molecule is Cc1cccc2sc3cc(N(c4ccc(-c5ccccc5)c(-c5ccccc5)c4)c4cc5ccccc5cc4-c4ccccc4)ccc3c12. The zero-order chi connectivity index (χ0) is 32.7. The number of rotatable bonds is 6. The second-order valence-corrected chi connectivity index (χ2v) is 13.7. The molecule has 49 heavy (non-hydrogen) atoms. The Morgan fingerprint density at radius 2 is 0.980 bits per heavy atom. The molecular formula is C47H33NS. The average molecular weight is 644 g/mol. The van der Waals surface area contributed by atoms with Crippen molar-refractivity contribution in [3.63, 3.8) is 0 Å². The van der Waals surface area contributed by atoms with Gasteiger partial charge in [0.15, 0.2) is 0 Å². The van der Waals surface area contributed by atoms with Crippen LogP contribution in [0.15, 0.2) is 182 Å². The lowest BCUT2D eigenvalue weighted by Gasteiger charge is -2.29. The molecule has 0 bridgehead atoms. The first-order valence-corrected chi connectivity index (χ1v) is 17.6. The molecule has 0 saturated heterocycles. The molecule has 0 spiro atoms. The zero-order valence-electron chi connectivity index (χ0n) is 27.2. The van der Waals surface area contributed by atoms with Gasteiger partial charge in [-0.25, -0.2) is 0 Å². The van der Waals surface area contributed by atoms with Gasteiger partial charge in [-0.05, 0) is 93.5 Å². The maximum atomic E-state index is 2.46. The summed E-state index contributed by atoms with van der Waals surface area (Å²) in [6.07, 6.45) is 0. The van der Waals surface area contributed by atoms with E-state index in [2.05, 4.69) is 194 Å². The minimum absolute atomic E-state index is 1.11. The molecule has 1 nitrogen and oxygen atoms in total. The summed E-state index contributed by atoms with van der Waals surface area (Å²) in [6.45, 7) is 2.22. The molecule has 0 aliphatic carbocycles. The van der Waals surface area contributed by atoms with Gasteiger partial charge in [0.25, 0.3) is 0 Å². The molecule has 0 aliphatic rings. The Kier molecular flexibility index (Phi) is 7.30. The van der Waals surface area contributed by atoms with E-state index in [9.17, 15) is 0 Å². The Bertz CT molecular complexity index is 2600. The van der Waals surface area contributed by atoms with Gasteiger partial charge < -0.3 is 4.90 Å². The lowest BCUT2D eigenvalue weighted by atomic mass is 9.93. The first-order chi connectivity index (χ1) is 24.2. The quantitative estimate of drug-likeness (QED) is 0.174. The van der Waals surface area contributed by atoms with Crippen molar-refractivity contribution in [2.75, 3.05) is 4.90 Å². The molecule has 0 N–H and O–H groups in total. The highest BCUT2D eigenvalue weighted by Gasteiger charge is 2.21. The summed E-state index contributed by atoms with van der Waals surface area (Å²) in [5, 5.41) is 5.11. The molecule has 0 fully saturated rings. The first kappa shape index (κ1) is 29.2. The van der Waals surface area contributed by atoms with Crippen LogP contribution in [0, 0.1) is 6.92 Å². The van der Waals surface area contributed by atoms with Gasteiger partial charge in [-0.15, -0.1) is 11.3 Å². The van der Waals surface area contributed by atoms with E-state index in [1.165, 1.54) is 69.9 Å². The van der Waals surface area contributed by atoms with E-state index >= 15 is 0 Å². The van der Waals surface area contributed by atoms with Crippen molar-refractivity contribution in [1.82, 2.24) is 0 Å². The van der Waals surface area contributed by atoms with Crippen LogP contribution in [-0.4, -0.2) is 0 Å². The smallest absolute Gasteiger partial charge is 0.0546 e. The van der Waals surface area contributed by atoms with Crippen LogP contribution in [-0.2, 0) is 0 Å². The molecule has 0 radical (unpaired) electrons. The van der Waals surface area contributed by atoms with E-state index in [0.717, 1.165) is 17.1 Å². The number of anilines is 3. The molecule has 9 aromatic rings. The van der Waals surface area contributed by atoms with Crippen molar-refractivity contribution in [2.45, 2.75) is 6.92 Å². The molecule has 9 rings (SSSR count). The van der Waals surface area contributed by atoms with Crippen LogP contribution in [0.25, 0.3) is 64.3 Å². The first-order valence-electron chi connectivity index (χ1n) is 16.8. The van der Waals surface area contributed by atoms with Crippen LogP contribution < -0.4 is 4.90 Å².